The van der Waals surface area contributed by atoms with Crippen molar-refractivity contribution in [3.63, 3.8) is 0 Å². The monoisotopic (exact) mass is 364 g/mol. The Morgan fingerprint density at radius 2 is 1.78 bits per heavy atom. The fourth-order valence-electron chi connectivity index (χ4n) is 2.49. The molecule has 2 aromatic carbocycles. The normalized spacial score (nSPS) is 10.2. The minimum atomic E-state index is -0.304. The van der Waals surface area contributed by atoms with Crippen LogP contribution in [0.1, 0.15) is 16.1 Å². The highest BCUT2D eigenvalue weighted by Crippen LogP contribution is 2.30. The molecule has 0 fully saturated rings. The number of nitrogens with one attached hydrogen (secondary N) is 2. The van der Waals surface area contributed by atoms with Crippen LogP contribution in [0.25, 0.3) is 0 Å². The zero-order valence-corrected chi connectivity index (χ0v) is 15.3. The summed E-state index contributed by atoms with van der Waals surface area (Å²) in [5.74, 6) is 1.20. The Morgan fingerprint density at radius 3 is 2.52 bits per heavy atom. The summed E-state index contributed by atoms with van der Waals surface area (Å²) in [4.78, 5) is 20.9. The third-order valence-corrected chi connectivity index (χ3v) is 3.92. The molecule has 0 radical (unpaired) electrons. The number of hydrogen-bond acceptors (Lipinski definition) is 6. The van der Waals surface area contributed by atoms with Crippen molar-refractivity contribution in [2.45, 2.75) is 6.92 Å². The van der Waals surface area contributed by atoms with E-state index in [0.717, 1.165) is 11.3 Å². The van der Waals surface area contributed by atoms with E-state index >= 15 is 0 Å². The zero-order chi connectivity index (χ0) is 19.2. The van der Waals surface area contributed by atoms with Gasteiger partial charge < -0.3 is 20.1 Å². The van der Waals surface area contributed by atoms with Crippen molar-refractivity contribution >= 4 is 23.2 Å². The Morgan fingerprint density at radius 1 is 1.00 bits per heavy atom. The van der Waals surface area contributed by atoms with Crippen LogP contribution in [0.2, 0.25) is 0 Å². The van der Waals surface area contributed by atoms with Crippen LogP contribution in [-0.4, -0.2) is 30.1 Å². The number of hydrogen-bond donors (Lipinski definition) is 2. The molecule has 0 atom stereocenters. The number of anilines is 3. The van der Waals surface area contributed by atoms with Gasteiger partial charge in [-0.2, -0.15) is 0 Å². The van der Waals surface area contributed by atoms with Crippen molar-refractivity contribution < 1.29 is 14.3 Å². The lowest BCUT2D eigenvalue weighted by Crippen LogP contribution is -2.15. The lowest BCUT2D eigenvalue weighted by atomic mass is 10.2. The van der Waals surface area contributed by atoms with E-state index in [-0.39, 0.29) is 11.6 Å². The minimum Gasteiger partial charge on any atom is -0.493 e. The molecule has 2 N–H and O–H groups in total. The molecule has 0 saturated heterocycles. The van der Waals surface area contributed by atoms with Crippen molar-refractivity contribution in [3.8, 4) is 11.5 Å². The lowest BCUT2D eigenvalue weighted by molar-refractivity contribution is 0.102. The number of aryl methyl sites for hydroxylation is 1. The molecule has 138 valence electrons. The molecule has 0 aliphatic rings. The van der Waals surface area contributed by atoms with Gasteiger partial charge in [-0.1, -0.05) is 18.2 Å². The summed E-state index contributed by atoms with van der Waals surface area (Å²) < 4.78 is 10.5. The average Bonchev–Trinajstić information content (AvgIpc) is 2.69. The van der Waals surface area contributed by atoms with Crippen LogP contribution in [0.15, 0.2) is 54.7 Å². The van der Waals surface area contributed by atoms with Crippen LogP contribution in [-0.2, 0) is 0 Å². The van der Waals surface area contributed by atoms with Crippen LogP contribution in [0.4, 0.5) is 17.3 Å². The smallest absolute Gasteiger partial charge is 0.274 e. The van der Waals surface area contributed by atoms with Crippen molar-refractivity contribution in [3.05, 3.63) is 66.0 Å². The number of amides is 1. The number of para-hydroxylation sites is 1. The summed E-state index contributed by atoms with van der Waals surface area (Å²) in [5, 5.41) is 5.92. The summed E-state index contributed by atoms with van der Waals surface area (Å²) in [7, 11) is 3.14. The topological polar surface area (TPSA) is 85.4 Å². The largest absolute Gasteiger partial charge is 0.493 e. The van der Waals surface area contributed by atoms with E-state index < -0.39 is 0 Å². The van der Waals surface area contributed by atoms with Crippen molar-refractivity contribution in [1.82, 2.24) is 9.97 Å². The van der Waals surface area contributed by atoms with Gasteiger partial charge in [0.25, 0.3) is 5.91 Å². The number of methoxy groups -OCH3 is 2. The van der Waals surface area contributed by atoms with E-state index in [9.17, 15) is 4.79 Å². The van der Waals surface area contributed by atoms with Gasteiger partial charge in [-0.3, -0.25) is 4.79 Å². The van der Waals surface area contributed by atoms with Crippen molar-refractivity contribution in [2.24, 2.45) is 0 Å². The highest BCUT2D eigenvalue weighted by atomic mass is 16.5. The van der Waals surface area contributed by atoms with Crippen molar-refractivity contribution in [1.29, 1.82) is 0 Å². The first-order chi connectivity index (χ1) is 13.1. The highest BCUT2D eigenvalue weighted by molar-refractivity contribution is 6.03. The lowest BCUT2D eigenvalue weighted by Gasteiger charge is -2.11. The SMILES string of the molecule is COc1ccc(Nc2nccc(C(=O)Nc3ccccc3C)n2)cc1OC. The van der Waals surface area contributed by atoms with Gasteiger partial charge in [-0.15, -0.1) is 0 Å². The first-order valence-corrected chi connectivity index (χ1v) is 8.30. The van der Waals surface area contributed by atoms with Gasteiger partial charge in [0.05, 0.1) is 14.2 Å². The van der Waals surface area contributed by atoms with E-state index in [1.165, 1.54) is 6.20 Å². The first kappa shape index (κ1) is 18.2. The van der Waals surface area contributed by atoms with Crippen LogP contribution in [0.5, 0.6) is 11.5 Å². The number of carbonyl (C=O) groups is 1. The molecule has 1 aromatic heterocycles. The molecular weight excluding hydrogens is 344 g/mol. The van der Waals surface area contributed by atoms with Crippen LogP contribution in [0.3, 0.4) is 0 Å². The molecule has 7 heteroatoms. The zero-order valence-electron chi connectivity index (χ0n) is 15.3. The second kappa shape index (κ2) is 8.18. The standard InChI is InChI=1S/C20H20N4O3/c1-13-6-4-5-7-15(13)23-19(25)16-10-11-21-20(24-16)22-14-8-9-17(26-2)18(12-14)27-3/h4-12H,1-3H3,(H,23,25)(H,21,22,24). The Hall–Kier alpha value is -3.61. The van der Waals surface area contributed by atoms with E-state index in [1.54, 1.807) is 32.4 Å². The predicted octanol–water partition coefficient (Wildman–Crippen LogP) is 3.80. The molecule has 7 nitrogen and oxygen atoms in total. The molecule has 3 rings (SSSR count). The summed E-state index contributed by atoms with van der Waals surface area (Å²) >= 11 is 0. The molecule has 3 aromatic rings. The number of aromatic nitrogens is 2. The minimum absolute atomic E-state index is 0.260. The summed E-state index contributed by atoms with van der Waals surface area (Å²) in [6.45, 7) is 1.93. The maximum absolute atomic E-state index is 12.5. The fourth-order valence-corrected chi connectivity index (χ4v) is 2.49. The fraction of sp³-hybridized carbons (Fsp3) is 0.150. The van der Waals surface area contributed by atoms with E-state index in [4.69, 9.17) is 9.47 Å². The third-order valence-electron chi connectivity index (χ3n) is 3.92. The maximum Gasteiger partial charge on any atom is 0.274 e. The quantitative estimate of drug-likeness (QED) is 0.692. The number of carbonyl (C=O) groups excluding carboxylic acids is 1. The Kier molecular flexibility index (Phi) is 5.51. The summed E-state index contributed by atoms with van der Waals surface area (Å²) in [6, 6.07) is 14.5. The third kappa shape index (κ3) is 4.33. The van der Waals surface area contributed by atoms with Gasteiger partial charge in [-0.05, 0) is 36.8 Å². The van der Waals surface area contributed by atoms with Gasteiger partial charge in [0.1, 0.15) is 5.69 Å². The summed E-state index contributed by atoms with van der Waals surface area (Å²) in [5.41, 5.74) is 2.69. The molecule has 0 aliphatic carbocycles. The molecule has 0 aliphatic heterocycles. The van der Waals surface area contributed by atoms with Crippen LogP contribution < -0.4 is 20.1 Å². The second-order valence-electron chi connectivity index (χ2n) is 5.73. The van der Waals surface area contributed by atoms with Gasteiger partial charge in [0.2, 0.25) is 5.95 Å². The first-order valence-electron chi connectivity index (χ1n) is 8.30. The molecule has 0 saturated carbocycles. The number of rotatable bonds is 6. The van der Waals surface area contributed by atoms with E-state index in [0.29, 0.717) is 23.1 Å². The number of nitrogens with zero attached hydrogens (tertiary/aromatic N) is 2. The molecule has 27 heavy (non-hydrogen) atoms. The van der Waals surface area contributed by atoms with Crippen LogP contribution >= 0.6 is 0 Å². The van der Waals surface area contributed by atoms with E-state index in [2.05, 4.69) is 20.6 Å². The van der Waals surface area contributed by atoms with Gasteiger partial charge in [0.15, 0.2) is 11.5 Å². The molecular formula is C20H20N4O3. The number of ether oxygens (including phenoxy) is 2. The van der Waals surface area contributed by atoms with E-state index in [1.807, 2.05) is 37.3 Å². The molecule has 0 spiro atoms. The summed E-state index contributed by atoms with van der Waals surface area (Å²) in [6.07, 6.45) is 1.53. The Balaban J connectivity index is 1.77. The predicted molar refractivity (Wildman–Crippen MR) is 104 cm³/mol. The molecule has 1 heterocycles. The average molecular weight is 364 g/mol. The van der Waals surface area contributed by atoms with Crippen LogP contribution in [0, 0.1) is 6.92 Å². The highest BCUT2D eigenvalue weighted by Gasteiger charge is 2.11. The maximum atomic E-state index is 12.5. The number of benzene rings is 2. The molecule has 1 amide bonds. The van der Waals surface area contributed by atoms with Gasteiger partial charge >= 0.3 is 0 Å². The van der Waals surface area contributed by atoms with Gasteiger partial charge in [0, 0.05) is 23.6 Å². The van der Waals surface area contributed by atoms with Gasteiger partial charge in [-0.25, -0.2) is 9.97 Å². The molecule has 0 bridgehead atoms. The van der Waals surface area contributed by atoms with Crippen molar-refractivity contribution in [2.75, 3.05) is 24.9 Å². The Bertz CT molecular complexity index is 959. The Labute approximate surface area is 157 Å². The molecule has 0 unspecified atom stereocenters. The second-order valence-corrected chi connectivity index (χ2v) is 5.73.